The monoisotopic (exact) mass is 310 g/mol. The van der Waals surface area contributed by atoms with Crippen molar-refractivity contribution in [2.75, 3.05) is 19.4 Å². The van der Waals surface area contributed by atoms with E-state index < -0.39 is 10.0 Å². The highest BCUT2D eigenvalue weighted by atomic mass is 32.2. The van der Waals surface area contributed by atoms with Crippen molar-refractivity contribution in [2.24, 2.45) is 11.8 Å². The van der Waals surface area contributed by atoms with Crippen LogP contribution in [-0.2, 0) is 10.0 Å². The van der Waals surface area contributed by atoms with E-state index in [1.54, 1.807) is 26.2 Å². The molecule has 1 aliphatic rings. The first-order valence-corrected chi connectivity index (χ1v) is 9.10. The summed E-state index contributed by atoms with van der Waals surface area (Å²) in [7, 11) is -0.281. The first kappa shape index (κ1) is 16.3. The Kier molecular flexibility index (Phi) is 4.94. The summed E-state index contributed by atoms with van der Waals surface area (Å²) in [6.45, 7) is 4.50. The molecule has 4 nitrogen and oxygen atoms in total. The van der Waals surface area contributed by atoms with Gasteiger partial charge in [0.2, 0.25) is 10.0 Å². The maximum absolute atomic E-state index is 12.4. The molecule has 0 amide bonds. The molecule has 3 atom stereocenters. The highest BCUT2D eigenvalue weighted by Gasteiger charge is 2.32. The Balaban J connectivity index is 2.26. The predicted octanol–water partition coefficient (Wildman–Crippen LogP) is 3.17. The number of benzene rings is 1. The number of anilines is 1. The second-order valence-electron chi connectivity index (χ2n) is 6.14. The van der Waals surface area contributed by atoms with Gasteiger partial charge in [-0.3, -0.25) is 0 Å². The van der Waals surface area contributed by atoms with Gasteiger partial charge in [-0.2, -0.15) is 0 Å². The molecule has 118 valence electrons. The highest BCUT2D eigenvalue weighted by Crippen LogP contribution is 2.36. The molecule has 0 heterocycles. The van der Waals surface area contributed by atoms with Crippen LogP contribution in [0.1, 0.15) is 33.1 Å². The summed E-state index contributed by atoms with van der Waals surface area (Å²) < 4.78 is 26.1. The maximum atomic E-state index is 12.4. The SMILES string of the molecule is CCC1CCC(Nc2ccccc2S(=O)(=O)N(C)C)C1C. The fourth-order valence-corrected chi connectivity index (χ4v) is 4.28. The Hall–Kier alpha value is -1.07. The van der Waals surface area contributed by atoms with E-state index in [1.807, 2.05) is 12.1 Å². The molecule has 0 radical (unpaired) electrons. The van der Waals surface area contributed by atoms with Gasteiger partial charge in [0, 0.05) is 20.1 Å². The topological polar surface area (TPSA) is 49.4 Å². The molecule has 2 rings (SSSR count). The summed E-state index contributed by atoms with van der Waals surface area (Å²) in [5, 5.41) is 3.48. The van der Waals surface area contributed by atoms with Gasteiger partial charge in [-0.25, -0.2) is 12.7 Å². The number of rotatable bonds is 5. The maximum Gasteiger partial charge on any atom is 0.244 e. The quantitative estimate of drug-likeness (QED) is 0.909. The second-order valence-corrected chi connectivity index (χ2v) is 8.26. The number of para-hydroxylation sites is 1. The predicted molar refractivity (Wildman–Crippen MR) is 86.9 cm³/mol. The zero-order chi connectivity index (χ0) is 15.6. The third-order valence-electron chi connectivity index (χ3n) is 4.74. The van der Waals surface area contributed by atoms with Crippen LogP contribution in [0.25, 0.3) is 0 Å². The standard InChI is InChI=1S/C16H26N2O2S/c1-5-13-10-11-14(12(13)2)17-15-8-6-7-9-16(15)21(19,20)18(3)4/h6-9,12-14,17H,5,10-11H2,1-4H3. The van der Waals surface area contributed by atoms with Gasteiger partial charge in [0.05, 0.1) is 5.69 Å². The van der Waals surface area contributed by atoms with Gasteiger partial charge in [-0.1, -0.05) is 32.4 Å². The Labute approximate surface area is 128 Å². The summed E-state index contributed by atoms with van der Waals surface area (Å²) >= 11 is 0. The van der Waals surface area contributed by atoms with Crippen molar-refractivity contribution in [3.05, 3.63) is 24.3 Å². The Bertz CT molecular complexity index is 584. The van der Waals surface area contributed by atoms with E-state index in [2.05, 4.69) is 19.2 Å². The van der Waals surface area contributed by atoms with E-state index in [0.717, 1.165) is 18.0 Å². The van der Waals surface area contributed by atoms with Crippen molar-refractivity contribution in [3.8, 4) is 0 Å². The fourth-order valence-electron chi connectivity index (χ4n) is 3.23. The van der Waals surface area contributed by atoms with E-state index in [1.165, 1.54) is 17.1 Å². The molecule has 21 heavy (non-hydrogen) atoms. The van der Waals surface area contributed by atoms with Crippen LogP contribution in [0.3, 0.4) is 0 Å². The van der Waals surface area contributed by atoms with Gasteiger partial charge in [-0.05, 0) is 36.8 Å². The van der Waals surface area contributed by atoms with Crippen LogP contribution >= 0.6 is 0 Å². The molecule has 5 heteroatoms. The van der Waals surface area contributed by atoms with Crippen molar-refractivity contribution in [2.45, 2.75) is 44.0 Å². The number of nitrogens with one attached hydrogen (secondary N) is 1. The van der Waals surface area contributed by atoms with Crippen molar-refractivity contribution in [1.82, 2.24) is 4.31 Å². The van der Waals surface area contributed by atoms with Crippen molar-refractivity contribution in [3.63, 3.8) is 0 Å². The zero-order valence-electron chi connectivity index (χ0n) is 13.3. The van der Waals surface area contributed by atoms with Crippen LogP contribution in [0.2, 0.25) is 0 Å². The smallest absolute Gasteiger partial charge is 0.244 e. The van der Waals surface area contributed by atoms with Gasteiger partial charge in [-0.15, -0.1) is 0 Å². The van der Waals surface area contributed by atoms with Gasteiger partial charge in [0.15, 0.2) is 0 Å². The highest BCUT2D eigenvalue weighted by molar-refractivity contribution is 7.89. The molecule has 0 aliphatic heterocycles. The lowest BCUT2D eigenvalue weighted by Gasteiger charge is -2.24. The normalized spacial score (nSPS) is 26.2. The summed E-state index contributed by atoms with van der Waals surface area (Å²) in [5.41, 5.74) is 0.722. The van der Waals surface area contributed by atoms with Crippen molar-refractivity contribution in [1.29, 1.82) is 0 Å². The zero-order valence-corrected chi connectivity index (χ0v) is 14.2. The van der Waals surface area contributed by atoms with Crippen LogP contribution in [0.4, 0.5) is 5.69 Å². The molecule has 0 bridgehead atoms. The van der Waals surface area contributed by atoms with E-state index in [-0.39, 0.29) is 0 Å². The molecule has 0 spiro atoms. The number of sulfonamides is 1. The van der Waals surface area contributed by atoms with Gasteiger partial charge in [0.1, 0.15) is 4.90 Å². The van der Waals surface area contributed by atoms with Crippen LogP contribution in [0.5, 0.6) is 0 Å². The molecule has 3 unspecified atom stereocenters. The number of hydrogen-bond donors (Lipinski definition) is 1. The molecule has 1 saturated carbocycles. The van der Waals surface area contributed by atoms with E-state index in [9.17, 15) is 8.42 Å². The van der Waals surface area contributed by atoms with Crippen molar-refractivity contribution >= 4 is 15.7 Å². The first-order chi connectivity index (χ1) is 9.87. The second kappa shape index (κ2) is 6.36. The van der Waals surface area contributed by atoms with Gasteiger partial charge < -0.3 is 5.32 Å². The average molecular weight is 310 g/mol. The first-order valence-electron chi connectivity index (χ1n) is 7.66. The summed E-state index contributed by atoms with van der Waals surface area (Å²) in [6, 6.07) is 7.55. The van der Waals surface area contributed by atoms with Gasteiger partial charge >= 0.3 is 0 Å². The van der Waals surface area contributed by atoms with Crippen molar-refractivity contribution < 1.29 is 8.42 Å². The fraction of sp³-hybridized carbons (Fsp3) is 0.625. The molecular weight excluding hydrogens is 284 g/mol. The van der Waals surface area contributed by atoms with Crippen LogP contribution in [0, 0.1) is 11.8 Å². The summed E-state index contributed by atoms with van der Waals surface area (Å²) in [6.07, 6.45) is 3.52. The molecular formula is C16H26N2O2S. The minimum atomic E-state index is -3.41. The minimum absolute atomic E-state index is 0.355. The van der Waals surface area contributed by atoms with Crippen LogP contribution < -0.4 is 5.32 Å². The molecule has 1 fully saturated rings. The Morgan fingerprint density at radius 1 is 1.24 bits per heavy atom. The molecule has 1 aromatic carbocycles. The third-order valence-corrected chi connectivity index (χ3v) is 6.61. The average Bonchev–Trinajstić information content (AvgIpc) is 2.80. The minimum Gasteiger partial charge on any atom is -0.381 e. The molecule has 0 saturated heterocycles. The summed E-state index contributed by atoms with van der Waals surface area (Å²) in [4.78, 5) is 0.363. The van der Waals surface area contributed by atoms with E-state index >= 15 is 0 Å². The van der Waals surface area contributed by atoms with E-state index in [4.69, 9.17) is 0 Å². The van der Waals surface area contributed by atoms with Crippen LogP contribution in [-0.4, -0.2) is 32.9 Å². The largest absolute Gasteiger partial charge is 0.381 e. The molecule has 1 aliphatic carbocycles. The number of nitrogens with zero attached hydrogens (tertiary/aromatic N) is 1. The Morgan fingerprint density at radius 2 is 1.90 bits per heavy atom. The molecule has 0 aromatic heterocycles. The molecule has 1 N–H and O–H groups in total. The van der Waals surface area contributed by atoms with E-state index in [0.29, 0.717) is 16.9 Å². The summed E-state index contributed by atoms with van der Waals surface area (Å²) in [5.74, 6) is 1.31. The van der Waals surface area contributed by atoms with Gasteiger partial charge in [0.25, 0.3) is 0 Å². The van der Waals surface area contributed by atoms with Crippen LogP contribution in [0.15, 0.2) is 29.2 Å². The lowest BCUT2D eigenvalue weighted by atomic mass is 9.93. The number of hydrogen-bond acceptors (Lipinski definition) is 3. The molecule has 1 aromatic rings. The Morgan fingerprint density at radius 3 is 2.48 bits per heavy atom. The third kappa shape index (κ3) is 3.24. The lowest BCUT2D eigenvalue weighted by Crippen LogP contribution is -2.28. The lowest BCUT2D eigenvalue weighted by molar-refractivity contribution is 0.391.